The molecule has 0 aliphatic heterocycles. The van der Waals surface area contributed by atoms with E-state index >= 15 is 0 Å². The van der Waals surface area contributed by atoms with E-state index in [4.69, 9.17) is 9.97 Å². The Balaban J connectivity index is 1.28. The van der Waals surface area contributed by atoms with Gasteiger partial charge in [-0.25, -0.2) is 9.97 Å². The van der Waals surface area contributed by atoms with Crippen LogP contribution in [0.1, 0.15) is 0 Å². The number of hydrogen-bond acceptors (Lipinski definition) is 2. The SMILES string of the molecule is c1ccc2c(-n3c4ccccc4c4c5c6ccccc6n(-c6ncc7c8ccccc8c8ccccc8c7n6)c5ccc43)cccc2c1. The molecule has 48 heavy (non-hydrogen) atoms. The van der Waals surface area contributed by atoms with Gasteiger partial charge in [0.15, 0.2) is 0 Å². The highest BCUT2D eigenvalue weighted by atomic mass is 15.2. The first-order valence-electron chi connectivity index (χ1n) is 16.4. The molecule has 0 bridgehead atoms. The van der Waals surface area contributed by atoms with Crippen LogP contribution in [0, 0.1) is 0 Å². The first-order chi connectivity index (χ1) is 23.8. The van der Waals surface area contributed by atoms with Gasteiger partial charge in [0, 0.05) is 43.9 Å². The van der Waals surface area contributed by atoms with Crippen LogP contribution in [0.15, 0.2) is 158 Å². The number of para-hydroxylation sites is 2. The third-order valence-corrected chi connectivity index (χ3v) is 10.1. The largest absolute Gasteiger partial charge is 0.309 e. The van der Waals surface area contributed by atoms with Crippen molar-refractivity contribution in [2.45, 2.75) is 0 Å². The van der Waals surface area contributed by atoms with Crippen molar-refractivity contribution in [2.75, 3.05) is 0 Å². The molecule has 0 aliphatic rings. The Morgan fingerprint density at radius 3 is 1.56 bits per heavy atom. The van der Waals surface area contributed by atoms with Gasteiger partial charge in [0.2, 0.25) is 5.95 Å². The maximum atomic E-state index is 5.37. The lowest BCUT2D eigenvalue weighted by atomic mass is 9.98. The molecule has 0 radical (unpaired) electrons. The van der Waals surface area contributed by atoms with Crippen LogP contribution in [0.4, 0.5) is 0 Å². The predicted molar refractivity (Wildman–Crippen MR) is 201 cm³/mol. The van der Waals surface area contributed by atoms with Gasteiger partial charge in [-0.15, -0.1) is 0 Å². The van der Waals surface area contributed by atoms with Gasteiger partial charge in [-0.05, 0) is 51.9 Å². The van der Waals surface area contributed by atoms with Crippen LogP contribution in [0.3, 0.4) is 0 Å². The Bertz CT molecular complexity index is 3090. The van der Waals surface area contributed by atoms with E-state index in [9.17, 15) is 0 Å². The van der Waals surface area contributed by atoms with E-state index in [-0.39, 0.29) is 0 Å². The molecule has 0 saturated carbocycles. The Morgan fingerprint density at radius 1 is 0.354 bits per heavy atom. The van der Waals surface area contributed by atoms with Crippen LogP contribution in [0.5, 0.6) is 0 Å². The molecule has 4 heteroatoms. The van der Waals surface area contributed by atoms with Crippen molar-refractivity contribution in [2.24, 2.45) is 0 Å². The monoisotopic (exact) mass is 610 g/mol. The number of hydrogen-bond donors (Lipinski definition) is 0. The van der Waals surface area contributed by atoms with Gasteiger partial charge in [0.05, 0.1) is 33.3 Å². The molecule has 0 saturated heterocycles. The summed E-state index contributed by atoms with van der Waals surface area (Å²) in [6.45, 7) is 0. The predicted octanol–water partition coefficient (Wildman–Crippen LogP) is 11.3. The van der Waals surface area contributed by atoms with Crippen molar-refractivity contribution in [1.82, 2.24) is 19.1 Å². The van der Waals surface area contributed by atoms with Crippen molar-refractivity contribution in [1.29, 1.82) is 0 Å². The second kappa shape index (κ2) is 9.50. The van der Waals surface area contributed by atoms with Crippen molar-refractivity contribution < 1.29 is 0 Å². The summed E-state index contributed by atoms with van der Waals surface area (Å²) in [6, 6.07) is 54.4. The minimum absolute atomic E-state index is 0.672. The molecule has 3 aromatic heterocycles. The van der Waals surface area contributed by atoms with E-state index < -0.39 is 0 Å². The third-order valence-electron chi connectivity index (χ3n) is 10.1. The minimum Gasteiger partial charge on any atom is -0.309 e. The molecule has 0 N–H and O–H groups in total. The molecule has 0 spiro atoms. The molecule has 3 heterocycles. The Morgan fingerprint density at radius 2 is 0.854 bits per heavy atom. The van der Waals surface area contributed by atoms with Gasteiger partial charge >= 0.3 is 0 Å². The Hall–Kier alpha value is -6.52. The number of nitrogens with zero attached hydrogens (tertiary/aromatic N) is 4. The smallest absolute Gasteiger partial charge is 0.235 e. The normalized spacial score (nSPS) is 12.2. The van der Waals surface area contributed by atoms with Gasteiger partial charge in [-0.2, -0.15) is 0 Å². The highest BCUT2D eigenvalue weighted by molar-refractivity contribution is 6.29. The zero-order valence-corrected chi connectivity index (χ0v) is 25.8. The summed E-state index contributed by atoms with van der Waals surface area (Å²) in [4.78, 5) is 10.5. The van der Waals surface area contributed by atoms with Crippen molar-refractivity contribution in [3.63, 3.8) is 0 Å². The fourth-order valence-corrected chi connectivity index (χ4v) is 8.16. The zero-order valence-electron chi connectivity index (χ0n) is 25.8. The van der Waals surface area contributed by atoms with Crippen molar-refractivity contribution >= 4 is 86.8 Å². The maximum absolute atomic E-state index is 5.37. The second-order valence-electron chi connectivity index (χ2n) is 12.6. The average molecular weight is 611 g/mol. The van der Waals surface area contributed by atoms with Crippen LogP contribution in [-0.2, 0) is 0 Å². The second-order valence-corrected chi connectivity index (χ2v) is 12.6. The quantitative estimate of drug-likeness (QED) is 0.183. The number of benzene rings is 8. The van der Waals surface area contributed by atoms with E-state index in [1.54, 1.807) is 0 Å². The molecule has 0 aliphatic carbocycles. The fourth-order valence-electron chi connectivity index (χ4n) is 8.16. The van der Waals surface area contributed by atoms with Crippen LogP contribution in [0.25, 0.3) is 98.5 Å². The van der Waals surface area contributed by atoms with E-state index in [2.05, 4.69) is 161 Å². The summed E-state index contributed by atoms with van der Waals surface area (Å²) < 4.78 is 4.68. The van der Waals surface area contributed by atoms with E-state index in [0.717, 1.165) is 27.3 Å². The molecule has 11 aromatic rings. The topological polar surface area (TPSA) is 35.6 Å². The summed E-state index contributed by atoms with van der Waals surface area (Å²) in [6.07, 6.45) is 2.01. The standard InChI is InChI=1S/C44H26N4/c1-2-14-28-27(12-1)13-11-23-36(28)47-37-21-9-7-19-33(37)41-39(47)24-25-40-42(41)34-20-8-10-22-38(34)48(40)44-45-26-35-31-17-4-3-15-29(31)30-16-5-6-18-32(30)43(35)46-44/h1-26H. The minimum atomic E-state index is 0.672. The lowest BCUT2D eigenvalue weighted by molar-refractivity contribution is 1.01. The lowest BCUT2D eigenvalue weighted by Gasteiger charge is -2.12. The van der Waals surface area contributed by atoms with Crippen LogP contribution >= 0.6 is 0 Å². The number of rotatable bonds is 2. The Kier molecular flexibility index (Phi) is 5.08. The molecular weight excluding hydrogens is 585 g/mol. The lowest BCUT2D eigenvalue weighted by Crippen LogP contribution is -2.01. The summed E-state index contributed by atoms with van der Waals surface area (Å²) in [7, 11) is 0. The van der Waals surface area contributed by atoms with Crippen LogP contribution < -0.4 is 0 Å². The van der Waals surface area contributed by atoms with E-state index in [1.165, 1.54) is 65.2 Å². The van der Waals surface area contributed by atoms with E-state index in [0.29, 0.717) is 5.95 Å². The van der Waals surface area contributed by atoms with Gasteiger partial charge < -0.3 is 4.57 Å². The molecular formula is C44H26N4. The maximum Gasteiger partial charge on any atom is 0.235 e. The highest BCUT2D eigenvalue weighted by Crippen LogP contribution is 2.43. The van der Waals surface area contributed by atoms with Crippen LogP contribution in [-0.4, -0.2) is 19.1 Å². The average Bonchev–Trinajstić information content (AvgIpc) is 3.67. The number of fused-ring (bicyclic) bond motifs is 14. The molecule has 11 rings (SSSR count). The van der Waals surface area contributed by atoms with Gasteiger partial charge in [0.25, 0.3) is 0 Å². The van der Waals surface area contributed by atoms with Crippen molar-refractivity contribution in [3.8, 4) is 11.6 Å². The fraction of sp³-hybridized carbons (Fsp3) is 0. The molecule has 0 amide bonds. The highest BCUT2D eigenvalue weighted by Gasteiger charge is 2.22. The van der Waals surface area contributed by atoms with Gasteiger partial charge in [-0.1, -0.05) is 121 Å². The van der Waals surface area contributed by atoms with Gasteiger partial charge in [0.1, 0.15) is 0 Å². The first-order valence-corrected chi connectivity index (χ1v) is 16.4. The molecule has 222 valence electrons. The summed E-state index contributed by atoms with van der Waals surface area (Å²) in [5, 5.41) is 13.1. The summed E-state index contributed by atoms with van der Waals surface area (Å²) in [5.41, 5.74) is 6.70. The summed E-state index contributed by atoms with van der Waals surface area (Å²) in [5.74, 6) is 0.672. The number of aromatic nitrogens is 4. The van der Waals surface area contributed by atoms with Crippen molar-refractivity contribution in [3.05, 3.63) is 158 Å². The van der Waals surface area contributed by atoms with Gasteiger partial charge in [-0.3, -0.25) is 4.57 Å². The van der Waals surface area contributed by atoms with Crippen LogP contribution in [0.2, 0.25) is 0 Å². The first kappa shape index (κ1) is 25.6. The summed E-state index contributed by atoms with van der Waals surface area (Å²) >= 11 is 0. The van der Waals surface area contributed by atoms with E-state index in [1.807, 2.05) is 6.20 Å². The third kappa shape index (κ3) is 3.33. The Labute approximate surface area is 274 Å². The zero-order chi connectivity index (χ0) is 31.3. The molecule has 0 fully saturated rings. The molecule has 0 atom stereocenters. The molecule has 4 nitrogen and oxygen atoms in total. The molecule has 0 unspecified atom stereocenters. The molecule has 8 aromatic carbocycles.